The van der Waals surface area contributed by atoms with Crippen LogP contribution in [0.3, 0.4) is 0 Å². The predicted molar refractivity (Wildman–Crippen MR) is 52.4 cm³/mol. The average molecular weight is 187 g/mol. The second-order valence-corrected chi connectivity index (χ2v) is 5.87. The predicted octanol–water partition coefficient (Wildman–Crippen LogP) is 1.46. The molecule has 1 N–H and O–H groups in total. The van der Waals surface area contributed by atoms with Crippen molar-refractivity contribution in [2.45, 2.75) is 30.4 Å². The van der Waals surface area contributed by atoms with Gasteiger partial charge in [0.1, 0.15) is 0 Å². The van der Waals surface area contributed by atoms with E-state index in [1.165, 1.54) is 6.42 Å². The lowest BCUT2D eigenvalue weighted by atomic mass is 10.00. The van der Waals surface area contributed by atoms with Crippen LogP contribution in [0.25, 0.3) is 0 Å². The number of thioether (sulfide) groups is 1. The van der Waals surface area contributed by atoms with Crippen LogP contribution < -0.4 is 5.32 Å². The Bertz CT molecular complexity index is 170. The summed E-state index contributed by atoms with van der Waals surface area (Å²) in [6.07, 6.45) is 1.23. The lowest BCUT2D eigenvalue weighted by Crippen LogP contribution is -2.41. The number of hydrogen-bond acceptors (Lipinski definition) is 3. The summed E-state index contributed by atoms with van der Waals surface area (Å²) in [6, 6.07) is 0. The summed E-state index contributed by atoms with van der Waals surface area (Å²) in [5.74, 6) is 0.715. The van der Waals surface area contributed by atoms with E-state index in [9.17, 15) is 0 Å². The van der Waals surface area contributed by atoms with E-state index in [1.807, 2.05) is 0 Å². The van der Waals surface area contributed by atoms with Crippen LogP contribution in [0.5, 0.6) is 0 Å². The van der Waals surface area contributed by atoms with Gasteiger partial charge in [0.2, 0.25) is 0 Å². The number of ether oxygens (including phenoxy) is 1. The van der Waals surface area contributed by atoms with Crippen molar-refractivity contribution in [3.05, 3.63) is 0 Å². The Kier molecular flexibility index (Phi) is 2.36. The van der Waals surface area contributed by atoms with Gasteiger partial charge in [-0.05, 0) is 13.3 Å². The van der Waals surface area contributed by atoms with E-state index in [0.29, 0.717) is 5.92 Å². The topological polar surface area (TPSA) is 21.3 Å². The molecule has 0 radical (unpaired) electrons. The largest absolute Gasteiger partial charge is 0.381 e. The van der Waals surface area contributed by atoms with Gasteiger partial charge < -0.3 is 10.1 Å². The Balaban J connectivity index is 2.00. The number of hydrogen-bond donors (Lipinski definition) is 1. The van der Waals surface area contributed by atoms with Crippen LogP contribution in [-0.4, -0.2) is 29.9 Å². The van der Waals surface area contributed by atoms with Gasteiger partial charge in [0, 0.05) is 24.3 Å². The van der Waals surface area contributed by atoms with Gasteiger partial charge in [-0.25, -0.2) is 0 Å². The monoisotopic (exact) mass is 187 g/mol. The molecule has 70 valence electrons. The van der Waals surface area contributed by atoms with Gasteiger partial charge in [0.15, 0.2) is 0 Å². The highest BCUT2D eigenvalue weighted by Gasteiger charge is 2.41. The highest BCUT2D eigenvalue weighted by atomic mass is 32.2. The molecule has 2 nitrogen and oxygen atoms in total. The van der Waals surface area contributed by atoms with Crippen LogP contribution in [0.4, 0.5) is 0 Å². The molecule has 0 saturated carbocycles. The molecule has 3 atom stereocenters. The molecule has 2 aliphatic rings. The van der Waals surface area contributed by atoms with E-state index in [2.05, 4.69) is 30.9 Å². The highest BCUT2D eigenvalue weighted by molar-refractivity contribution is 8.01. The summed E-state index contributed by atoms with van der Waals surface area (Å²) in [5.41, 5.74) is 0. The summed E-state index contributed by atoms with van der Waals surface area (Å²) in [4.78, 5) is 0.288. The summed E-state index contributed by atoms with van der Waals surface area (Å²) in [7, 11) is 0. The van der Waals surface area contributed by atoms with Crippen LogP contribution in [0.2, 0.25) is 0 Å². The minimum Gasteiger partial charge on any atom is -0.381 e. The molecule has 0 bridgehead atoms. The normalized spacial score (nSPS) is 48.5. The molecule has 0 spiro atoms. The quantitative estimate of drug-likeness (QED) is 0.671. The summed E-state index contributed by atoms with van der Waals surface area (Å²) in [5, 5.41) is 4.37. The van der Waals surface area contributed by atoms with E-state index in [1.54, 1.807) is 0 Å². The zero-order valence-corrected chi connectivity index (χ0v) is 8.62. The lowest BCUT2D eigenvalue weighted by molar-refractivity contribution is 0.175. The van der Waals surface area contributed by atoms with E-state index in [4.69, 9.17) is 4.74 Å². The van der Waals surface area contributed by atoms with E-state index in [-0.39, 0.29) is 4.87 Å². The third-order valence-corrected chi connectivity index (χ3v) is 4.43. The molecule has 2 fully saturated rings. The second kappa shape index (κ2) is 3.20. The molecule has 0 aromatic rings. The molecule has 3 heteroatoms. The molecule has 2 rings (SSSR count). The first-order chi connectivity index (χ1) is 5.71. The fourth-order valence-corrected chi connectivity index (χ4v) is 3.60. The summed E-state index contributed by atoms with van der Waals surface area (Å²) in [6.45, 7) is 7.66. The molecule has 0 aromatic heterocycles. The van der Waals surface area contributed by atoms with E-state index in [0.717, 1.165) is 25.0 Å². The van der Waals surface area contributed by atoms with Crippen LogP contribution in [-0.2, 0) is 4.74 Å². The maximum absolute atomic E-state index is 5.42. The first-order valence-electron chi connectivity index (χ1n) is 4.71. The SMILES string of the molecule is CC1CNC(C)(C2CCOC2)S1. The maximum atomic E-state index is 5.42. The van der Waals surface area contributed by atoms with Crippen LogP contribution in [0.1, 0.15) is 20.3 Å². The van der Waals surface area contributed by atoms with Gasteiger partial charge in [-0.15, -0.1) is 11.8 Å². The summed E-state index contributed by atoms with van der Waals surface area (Å²) >= 11 is 2.07. The fourth-order valence-electron chi connectivity index (χ4n) is 2.06. The average Bonchev–Trinajstić information content (AvgIpc) is 2.59. The van der Waals surface area contributed by atoms with Gasteiger partial charge >= 0.3 is 0 Å². The maximum Gasteiger partial charge on any atom is 0.0671 e. The molecule has 2 heterocycles. The molecule has 0 aromatic carbocycles. The van der Waals surface area contributed by atoms with Crippen LogP contribution in [0.15, 0.2) is 0 Å². The van der Waals surface area contributed by atoms with Gasteiger partial charge in [-0.1, -0.05) is 6.92 Å². The highest BCUT2D eigenvalue weighted by Crippen LogP contribution is 2.41. The molecule has 2 aliphatic heterocycles. The van der Waals surface area contributed by atoms with Crippen molar-refractivity contribution >= 4 is 11.8 Å². The van der Waals surface area contributed by atoms with E-state index >= 15 is 0 Å². The van der Waals surface area contributed by atoms with Crippen molar-refractivity contribution in [2.75, 3.05) is 19.8 Å². The van der Waals surface area contributed by atoms with Crippen molar-refractivity contribution < 1.29 is 4.74 Å². The first-order valence-corrected chi connectivity index (χ1v) is 5.59. The Morgan fingerprint density at radius 1 is 1.58 bits per heavy atom. The minimum absolute atomic E-state index is 0.288. The molecule has 2 saturated heterocycles. The van der Waals surface area contributed by atoms with Gasteiger partial charge in [-0.3, -0.25) is 0 Å². The third kappa shape index (κ3) is 1.50. The number of nitrogens with one attached hydrogen (secondary N) is 1. The van der Waals surface area contributed by atoms with Crippen LogP contribution >= 0.6 is 11.8 Å². The standard InChI is InChI=1S/C9H17NOS/c1-7-5-10-9(2,12-7)8-3-4-11-6-8/h7-8,10H,3-6H2,1-2H3. The smallest absolute Gasteiger partial charge is 0.0671 e. The van der Waals surface area contributed by atoms with Crippen molar-refractivity contribution in [1.82, 2.24) is 5.32 Å². The Morgan fingerprint density at radius 3 is 2.92 bits per heavy atom. The third-order valence-electron chi connectivity index (χ3n) is 2.90. The molecule has 3 unspecified atom stereocenters. The van der Waals surface area contributed by atoms with Crippen molar-refractivity contribution in [3.8, 4) is 0 Å². The summed E-state index contributed by atoms with van der Waals surface area (Å²) < 4.78 is 5.42. The van der Waals surface area contributed by atoms with Crippen molar-refractivity contribution in [2.24, 2.45) is 5.92 Å². The Morgan fingerprint density at radius 2 is 2.42 bits per heavy atom. The molecule has 12 heavy (non-hydrogen) atoms. The first kappa shape index (κ1) is 8.85. The van der Waals surface area contributed by atoms with Crippen molar-refractivity contribution in [3.63, 3.8) is 0 Å². The molecular formula is C9H17NOS. The zero-order chi connectivity index (χ0) is 8.60. The molecular weight excluding hydrogens is 170 g/mol. The minimum atomic E-state index is 0.288. The van der Waals surface area contributed by atoms with E-state index < -0.39 is 0 Å². The number of rotatable bonds is 1. The Labute approximate surface area is 78.4 Å². The van der Waals surface area contributed by atoms with Crippen LogP contribution in [0, 0.1) is 5.92 Å². The van der Waals surface area contributed by atoms with Gasteiger partial charge in [0.05, 0.1) is 11.5 Å². The van der Waals surface area contributed by atoms with Gasteiger partial charge in [-0.2, -0.15) is 0 Å². The second-order valence-electron chi connectivity index (χ2n) is 3.98. The molecule has 0 amide bonds. The van der Waals surface area contributed by atoms with Crippen molar-refractivity contribution in [1.29, 1.82) is 0 Å². The lowest BCUT2D eigenvalue weighted by Gasteiger charge is -2.29. The Hall–Kier alpha value is 0.270. The zero-order valence-electron chi connectivity index (χ0n) is 7.80. The fraction of sp³-hybridized carbons (Fsp3) is 1.00. The molecule has 0 aliphatic carbocycles. The van der Waals surface area contributed by atoms with Gasteiger partial charge in [0.25, 0.3) is 0 Å².